The van der Waals surface area contributed by atoms with Gasteiger partial charge in [-0.3, -0.25) is 13.9 Å². The molecule has 0 saturated carbocycles. The van der Waals surface area contributed by atoms with Crippen molar-refractivity contribution in [2.24, 2.45) is 0 Å². The highest BCUT2D eigenvalue weighted by Crippen LogP contribution is 2.18. The first kappa shape index (κ1) is 15.9. The van der Waals surface area contributed by atoms with E-state index in [1.54, 1.807) is 28.8 Å². The van der Waals surface area contributed by atoms with Crippen LogP contribution in [0.1, 0.15) is 11.3 Å². The SMILES string of the molecule is O=c1c2sccc2n(Cc2cccc(Cl)c2)c(=O)n1Cc1ccco1. The molecule has 1 aromatic carbocycles. The summed E-state index contributed by atoms with van der Waals surface area (Å²) >= 11 is 7.37. The first-order valence-corrected chi connectivity index (χ1v) is 8.87. The number of fused-ring (bicyclic) bond motifs is 1. The predicted octanol–water partition coefficient (Wildman–Crippen LogP) is 3.57. The molecule has 0 aliphatic carbocycles. The van der Waals surface area contributed by atoms with Gasteiger partial charge in [-0.25, -0.2) is 4.79 Å². The van der Waals surface area contributed by atoms with Gasteiger partial charge in [0.15, 0.2) is 0 Å². The summed E-state index contributed by atoms with van der Waals surface area (Å²) in [6.07, 6.45) is 1.52. The number of thiophene rings is 1. The minimum Gasteiger partial charge on any atom is -0.467 e. The van der Waals surface area contributed by atoms with Gasteiger partial charge in [0.05, 0.1) is 24.9 Å². The maximum absolute atomic E-state index is 13.0. The number of aromatic nitrogens is 2. The Bertz CT molecular complexity index is 1160. The third-order valence-corrected chi connectivity index (χ3v) is 5.09. The van der Waals surface area contributed by atoms with Gasteiger partial charge in [0, 0.05) is 5.02 Å². The number of furan rings is 1. The Morgan fingerprint density at radius 3 is 2.68 bits per heavy atom. The van der Waals surface area contributed by atoms with Crippen molar-refractivity contribution >= 4 is 33.2 Å². The first-order chi connectivity index (χ1) is 12.1. The van der Waals surface area contributed by atoms with Gasteiger partial charge in [-0.1, -0.05) is 23.7 Å². The van der Waals surface area contributed by atoms with Gasteiger partial charge in [-0.05, 0) is 41.3 Å². The summed E-state index contributed by atoms with van der Waals surface area (Å²) in [5.41, 5.74) is 0.863. The minimum absolute atomic E-state index is 0.105. The molecular weight excluding hydrogens is 360 g/mol. The number of hydrogen-bond donors (Lipinski definition) is 0. The Kier molecular flexibility index (Phi) is 4.07. The Morgan fingerprint density at radius 1 is 1.04 bits per heavy atom. The van der Waals surface area contributed by atoms with Crippen molar-refractivity contribution in [3.63, 3.8) is 0 Å². The van der Waals surface area contributed by atoms with Crippen LogP contribution in [-0.2, 0) is 13.1 Å². The summed E-state index contributed by atoms with van der Waals surface area (Å²) in [7, 11) is 0. The van der Waals surface area contributed by atoms with Crippen LogP contribution in [0.5, 0.6) is 0 Å². The van der Waals surface area contributed by atoms with E-state index in [4.69, 9.17) is 16.0 Å². The predicted molar refractivity (Wildman–Crippen MR) is 98.7 cm³/mol. The minimum atomic E-state index is -0.368. The van der Waals surface area contributed by atoms with Crippen molar-refractivity contribution in [2.45, 2.75) is 13.1 Å². The average Bonchev–Trinajstić information content (AvgIpc) is 3.27. The van der Waals surface area contributed by atoms with E-state index in [9.17, 15) is 9.59 Å². The molecule has 0 fully saturated rings. The second-order valence-corrected chi connectivity index (χ2v) is 6.96. The summed E-state index contributed by atoms with van der Waals surface area (Å²) in [5.74, 6) is 0.560. The Hall–Kier alpha value is -2.57. The molecule has 126 valence electrons. The van der Waals surface area contributed by atoms with E-state index in [2.05, 4.69) is 0 Å². The van der Waals surface area contributed by atoms with Gasteiger partial charge in [0.25, 0.3) is 5.56 Å². The van der Waals surface area contributed by atoms with Crippen LogP contribution >= 0.6 is 22.9 Å². The molecule has 4 rings (SSSR count). The van der Waals surface area contributed by atoms with E-state index < -0.39 is 0 Å². The molecule has 0 unspecified atom stereocenters. The van der Waals surface area contributed by atoms with E-state index >= 15 is 0 Å². The fraction of sp³-hybridized carbons (Fsp3) is 0.111. The molecule has 4 aromatic rings. The fourth-order valence-corrected chi connectivity index (χ4v) is 3.86. The van der Waals surface area contributed by atoms with Crippen LogP contribution in [0.15, 0.2) is 68.1 Å². The van der Waals surface area contributed by atoms with Gasteiger partial charge >= 0.3 is 5.69 Å². The molecular formula is C18H13ClN2O3S. The number of halogens is 1. The largest absolute Gasteiger partial charge is 0.467 e. The Labute approximate surface area is 151 Å². The van der Waals surface area contributed by atoms with Gasteiger partial charge in [-0.2, -0.15) is 0 Å². The molecule has 0 atom stereocenters. The molecule has 3 heterocycles. The van der Waals surface area contributed by atoms with E-state index in [-0.39, 0.29) is 17.8 Å². The molecule has 0 aliphatic heterocycles. The molecule has 0 amide bonds. The van der Waals surface area contributed by atoms with E-state index in [0.717, 1.165) is 5.56 Å². The molecule has 0 radical (unpaired) electrons. The van der Waals surface area contributed by atoms with E-state index in [1.165, 1.54) is 22.2 Å². The van der Waals surface area contributed by atoms with Crippen molar-refractivity contribution in [3.05, 3.63) is 91.3 Å². The molecule has 0 bridgehead atoms. The number of nitrogens with zero attached hydrogens (tertiary/aromatic N) is 2. The molecule has 0 saturated heterocycles. The molecule has 5 nitrogen and oxygen atoms in total. The first-order valence-electron chi connectivity index (χ1n) is 7.61. The molecule has 25 heavy (non-hydrogen) atoms. The smallest absolute Gasteiger partial charge is 0.332 e. The quantitative estimate of drug-likeness (QED) is 0.550. The maximum Gasteiger partial charge on any atom is 0.332 e. The van der Waals surface area contributed by atoms with Crippen molar-refractivity contribution in [3.8, 4) is 0 Å². The molecule has 0 spiro atoms. The maximum atomic E-state index is 13.0. The summed E-state index contributed by atoms with van der Waals surface area (Å²) in [6.45, 7) is 0.444. The Balaban J connectivity index is 1.89. The zero-order valence-electron chi connectivity index (χ0n) is 13.0. The highest BCUT2D eigenvalue weighted by Gasteiger charge is 2.15. The zero-order valence-corrected chi connectivity index (χ0v) is 14.6. The third kappa shape index (κ3) is 2.94. The topological polar surface area (TPSA) is 57.1 Å². The number of hydrogen-bond acceptors (Lipinski definition) is 4. The second kappa shape index (κ2) is 6.38. The fourth-order valence-electron chi connectivity index (χ4n) is 2.80. The third-order valence-electron chi connectivity index (χ3n) is 3.96. The molecule has 0 N–H and O–H groups in total. The zero-order chi connectivity index (χ0) is 17.4. The monoisotopic (exact) mass is 372 g/mol. The standard InChI is InChI=1S/C18H13ClN2O3S/c19-13-4-1-3-12(9-13)10-20-15-6-8-25-16(15)17(22)21(18(20)23)11-14-5-2-7-24-14/h1-9H,10-11H2. The normalized spacial score (nSPS) is 11.2. The lowest BCUT2D eigenvalue weighted by Crippen LogP contribution is -2.40. The van der Waals surface area contributed by atoms with Crippen LogP contribution in [0.2, 0.25) is 5.02 Å². The summed E-state index contributed by atoms with van der Waals surface area (Å²) < 4.78 is 8.65. The van der Waals surface area contributed by atoms with Crippen LogP contribution in [-0.4, -0.2) is 9.13 Å². The van der Waals surface area contributed by atoms with Gasteiger partial charge in [-0.15, -0.1) is 11.3 Å². The highest BCUT2D eigenvalue weighted by atomic mass is 35.5. The lowest BCUT2D eigenvalue weighted by molar-refractivity contribution is 0.479. The average molecular weight is 373 g/mol. The summed E-state index contributed by atoms with van der Waals surface area (Å²) in [6, 6.07) is 12.6. The van der Waals surface area contributed by atoms with Crippen molar-refractivity contribution < 1.29 is 4.42 Å². The summed E-state index contributed by atoms with van der Waals surface area (Å²) in [4.78, 5) is 25.7. The van der Waals surface area contributed by atoms with Crippen LogP contribution in [0.25, 0.3) is 10.2 Å². The van der Waals surface area contributed by atoms with Crippen LogP contribution in [0, 0.1) is 0 Å². The molecule has 7 heteroatoms. The lowest BCUT2D eigenvalue weighted by atomic mass is 10.2. The van der Waals surface area contributed by atoms with E-state index in [0.29, 0.717) is 27.5 Å². The van der Waals surface area contributed by atoms with Crippen molar-refractivity contribution in [1.29, 1.82) is 0 Å². The van der Waals surface area contributed by atoms with E-state index in [1.807, 2.05) is 23.6 Å². The number of benzene rings is 1. The van der Waals surface area contributed by atoms with Crippen LogP contribution in [0.4, 0.5) is 0 Å². The second-order valence-electron chi connectivity index (χ2n) is 5.60. The Morgan fingerprint density at radius 2 is 1.92 bits per heavy atom. The van der Waals surface area contributed by atoms with Crippen molar-refractivity contribution in [1.82, 2.24) is 9.13 Å². The molecule has 3 aromatic heterocycles. The summed E-state index contributed by atoms with van der Waals surface area (Å²) in [5, 5.41) is 2.42. The van der Waals surface area contributed by atoms with Gasteiger partial charge in [0.2, 0.25) is 0 Å². The van der Waals surface area contributed by atoms with Crippen LogP contribution < -0.4 is 11.2 Å². The number of rotatable bonds is 4. The van der Waals surface area contributed by atoms with Crippen molar-refractivity contribution in [2.75, 3.05) is 0 Å². The lowest BCUT2D eigenvalue weighted by Gasteiger charge is -2.12. The van der Waals surface area contributed by atoms with Gasteiger partial charge in [0.1, 0.15) is 10.5 Å². The highest BCUT2D eigenvalue weighted by molar-refractivity contribution is 7.17. The van der Waals surface area contributed by atoms with Crippen LogP contribution in [0.3, 0.4) is 0 Å². The van der Waals surface area contributed by atoms with Gasteiger partial charge < -0.3 is 4.42 Å². The molecule has 0 aliphatic rings.